The van der Waals surface area contributed by atoms with Gasteiger partial charge >= 0.3 is 11.9 Å². The summed E-state index contributed by atoms with van der Waals surface area (Å²) in [6.45, 7) is 1.38. The number of anilines is 3. The molecule has 11 nitrogen and oxygen atoms in total. The third kappa shape index (κ3) is 9.72. The molecule has 2 aromatic carbocycles. The van der Waals surface area contributed by atoms with Crippen LogP contribution in [0.3, 0.4) is 0 Å². The van der Waals surface area contributed by atoms with E-state index >= 15 is 4.79 Å². The molecule has 4 heterocycles. The van der Waals surface area contributed by atoms with E-state index in [2.05, 4.69) is 15.1 Å². The Balaban J connectivity index is 0.944. The fourth-order valence-corrected chi connectivity index (χ4v) is 15.9. The smallest absolute Gasteiger partial charge is 0.328 e. The van der Waals surface area contributed by atoms with E-state index < -0.39 is 11.9 Å². The third-order valence-corrected chi connectivity index (χ3v) is 18.1. The van der Waals surface area contributed by atoms with Crippen LogP contribution in [0, 0.1) is 23.7 Å². The Morgan fingerprint density at radius 1 is 0.606 bits per heavy atom. The number of carbonyl (C=O) groups is 4. The summed E-state index contributed by atoms with van der Waals surface area (Å²) in [6, 6.07) is 16.3. The second kappa shape index (κ2) is 19.8. The van der Waals surface area contributed by atoms with Gasteiger partial charge in [0.15, 0.2) is 0 Å². The Hall–Kier alpha value is -4.22. The molecule has 4 saturated heterocycles. The summed E-state index contributed by atoms with van der Waals surface area (Å²) in [5.41, 5.74) is 3.44. The molecule has 8 atom stereocenters. The molecule has 0 spiro atoms. The third-order valence-electron chi connectivity index (χ3n) is 18.1. The monoisotopic (exact) mass is 902 g/mol. The van der Waals surface area contributed by atoms with E-state index in [0.29, 0.717) is 58.9 Å². The molecule has 8 aliphatic rings. The fraction of sp³-hybridized carbons (Fsp3) is 0.673. The molecule has 356 valence electrons. The van der Waals surface area contributed by atoms with E-state index in [0.717, 1.165) is 86.7 Å². The summed E-state index contributed by atoms with van der Waals surface area (Å²) in [7, 11) is 0. The molecule has 8 unspecified atom stereocenters. The average molecular weight is 902 g/mol. The van der Waals surface area contributed by atoms with Gasteiger partial charge in [0.1, 0.15) is 6.54 Å². The first-order chi connectivity index (χ1) is 32.0. The van der Waals surface area contributed by atoms with E-state index in [1.54, 1.807) is 13.0 Å². The van der Waals surface area contributed by atoms with E-state index in [-0.39, 0.29) is 36.9 Å². The van der Waals surface area contributed by atoms with Crippen molar-refractivity contribution in [3.05, 3.63) is 59.7 Å². The highest BCUT2D eigenvalue weighted by molar-refractivity contribution is 6.00. The minimum Gasteiger partial charge on any atom is -0.480 e. The second-order valence-corrected chi connectivity index (χ2v) is 22.3. The van der Waals surface area contributed by atoms with Crippen LogP contribution in [-0.2, 0) is 25.6 Å². The van der Waals surface area contributed by atoms with Crippen LogP contribution in [0.2, 0.25) is 0 Å². The number of fused-ring (bicyclic) bond motifs is 8. The van der Waals surface area contributed by atoms with Gasteiger partial charge in [0, 0.05) is 61.3 Å². The Morgan fingerprint density at radius 3 is 1.61 bits per heavy atom. The molecule has 11 heteroatoms. The van der Waals surface area contributed by atoms with Gasteiger partial charge in [-0.05, 0) is 149 Å². The molecule has 0 aromatic heterocycles. The Labute approximate surface area is 392 Å². The summed E-state index contributed by atoms with van der Waals surface area (Å²) in [5.74, 6) is 1.25. The summed E-state index contributed by atoms with van der Waals surface area (Å²) in [4.78, 5) is 63.0. The van der Waals surface area contributed by atoms with Crippen LogP contribution < -0.4 is 15.1 Å². The standard InChI is InChI=1S/C55H75N5O6/c1-35(61)57(48-30-42-12-6-13-43(31-48)58(42)46-24-36-8-4-9-37(22-36)25-46)52-28-40(18-19-41(52)20-21-54(63)64)29-53(62)60(51-17-3-2-16-50(51)56-34-55(65)66)49-32-44-14-7-15-45(33-49)59(44)47-26-38-10-5-11-39(23-38)27-47/h2-3,16-21,28,36-39,42-49,56H,4-15,22-27,29-34H2,1H3,(H,63,64)(H,65,66). The molecule has 66 heavy (non-hydrogen) atoms. The number of piperidine rings is 4. The lowest BCUT2D eigenvalue weighted by Crippen LogP contribution is -2.62. The Morgan fingerprint density at radius 2 is 1.11 bits per heavy atom. The van der Waals surface area contributed by atoms with Gasteiger partial charge in [-0.1, -0.05) is 75.6 Å². The van der Waals surface area contributed by atoms with E-state index in [1.807, 2.05) is 52.3 Å². The van der Waals surface area contributed by atoms with Crippen LogP contribution in [0.4, 0.5) is 17.1 Å². The highest BCUT2D eigenvalue weighted by Gasteiger charge is 2.49. The number of para-hydroxylation sites is 2. The summed E-state index contributed by atoms with van der Waals surface area (Å²) in [6.07, 6.45) is 29.6. The van der Waals surface area contributed by atoms with Crippen LogP contribution in [0.15, 0.2) is 48.5 Å². The number of hydrogen-bond acceptors (Lipinski definition) is 7. The molecule has 10 rings (SSSR count). The zero-order valence-electron chi connectivity index (χ0n) is 39.4. The van der Waals surface area contributed by atoms with Gasteiger partial charge in [-0.25, -0.2) is 4.79 Å². The molecule has 2 aromatic rings. The van der Waals surface area contributed by atoms with E-state index in [9.17, 15) is 24.6 Å². The number of nitrogens with zero attached hydrogens (tertiary/aromatic N) is 4. The molecule has 3 N–H and O–H groups in total. The zero-order valence-corrected chi connectivity index (χ0v) is 39.4. The van der Waals surface area contributed by atoms with Crippen LogP contribution in [0.25, 0.3) is 6.08 Å². The Kier molecular flexibility index (Phi) is 13.7. The summed E-state index contributed by atoms with van der Waals surface area (Å²) >= 11 is 0. The first-order valence-electron chi connectivity index (χ1n) is 26.3. The van der Waals surface area contributed by atoms with Crippen molar-refractivity contribution in [3.8, 4) is 0 Å². The van der Waals surface area contributed by atoms with Crippen molar-refractivity contribution in [3.63, 3.8) is 0 Å². The molecular formula is C55H75N5O6. The largest absolute Gasteiger partial charge is 0.480 e. The first-order valence-corrected chi connectivity index (χ1v) is 26.3. The van der Waals surface area contributed by atoms with Crippen LogP contribution in [0.1, 0.15) is 159 Å². The average Bonchev–Trinajstić information content (AvgIpc) is 3.27. The SMILES string of the molecule is CC(=O)N(c1cc(CC(=O)N(c2ccccc2NCC(=O)O)C2CC3CCCC(C2)N3C2CC3CCCC(C3)C2)ccc1C=CC(=O)O)C1CC2CCCC(C1)N2C1CC2CCCC(C2)C1. The zero-order chi connectivity index (χ0) is 45.5. The number of hydrogen-bond donors (Lipinski definition) is 3. The molecular weight excluding hydrogens is 827 g/mol. The van der Waals surface area contributed by atoms with Gasteiger partial charge in [-0.15, -0.1) is 0 Å². The topological polar surface area (TPSA) is 134 Å². The molecule has 8 fully saturated rings. The number of rotatable bonds is 13. The maximum Gasteiger partial charge on any atom is 0.328 e. The summed E-state index contributed by atoms with van der Waals surface area (Å²) in [5, 5.41) is 22.6. The lowest BCUT2D eigenvalue weighted by Gasteiger charge is -2.56. The van der Waals surface area contributed by atoms with Gasteiger partial charge in [0.05, 0.1) is 23.5 Å². The lowest BCUT2D eigenvalue weighted by molar-refractivity contribution is -0.135. The maximum atomic E-state index is 15.3. The van der Waals surface area contributed by atoms with Crippen LogP contribution in [-0.4, -0.2) is 98.6 Å². The first kappa shape index (κ1) is 45.6. The van der Waals surface area contributed by atoms with Crippen molar-refractivity contribution >= 4 is 46.9 Å². The van der Waals surface area contributed by atoms with Gasteiger partial charge in [-0.3, -0.25) is 24.2 Å². The van der Waals surface area contributed by atoms with Gasteiger partial charge in [0.25, 0.3) is 0 Å². The predicted octanol–water partition coefficient (Wildman–Crippen LogP) is 9.92. The molecule has 4 saturated carbocycles. The van der Waals surface area contributed by atoms with E-state index in [4.69, 9.17) is 0 Å². The second-order valence-electron chi connectivity index (χ2n) is 22.3. The minimum atomic E-state index is -1.05. The molecule has 4 aliphatic carbocycles. The predicted molar refractivity (Wildman–Crippen MR) is 260 cm³/mol. The molecule has 2 amide bonds. The number of aliphatic carboxylic acids is 2. The van der Waals surface area contributed by atoms with Crippen molar-refractivity contribution in [2.75, 3.05) is 21.7 Å². The highest BCUT2D eigenvalue weighted by atomic mass is 16.4. The van der Waals surface area contributed by atoms with Gasteiger partial charge in [-0.2, -0.15) is 0 Å². The molecule has 4 aliphatic heterocycles. The summed E-state index contributed by atoms with van der Waals surface area (Å²) < 4.78 is 0. The highest BCUT2D eigenvalue weighted by Crippen LogP contribution is 2.49. The van der Waals surface area contributed by atoms with Crippen LogP contribution in [0.5, 0.6) is 0 Å². The quantitative estimate of drug-likeness (QED) is 0.168. The number of benzene rings is 2. The van der Waals surface area contributed by atoms with Crippen molar-refractivity contribution in [1.82, 2.24) is 9.80 Å². The fourth-order valence-electron chi connectivity index (χ4n) is 15.9. The van der Waals surface area contributed by atoms with Crippen molar-refractivity contribution in [1.29, 1.82) is 0 Å². The van der Waals surface area contributed by atoms with Gasteiger partial charge in [0.2, 0.25) is 11.8 Å². The van der Waals surface area contributed by atoms with Crippen LogP contribution >= 0.6 is 0 Å². The van der Waals surface area contributed by atoms with Crippen molar-refractivity contribution in [2.24, 2.45) is 23.7 Å². The minimum absolute atomic E-state index is 0.0305. The van der Waals surface area contributed by atoms with E-state index in [1.165, 1.54) is 89.9 Å². The number of nitrogens with one attached hydrogen (secondary N) is 1. The number of amides is 2. The number of carboxylic acid groups (broad SMARTS) is 2. The molecule has 0 radical (unpaired) electrons. The lowest BCUT2D eigenvalue weighted by atomic mass is 9.68. The Bertz CT molecular complexity index is 2090. The van der Waals surface area contributed by atoms with Crippen molar-refractivity contribution < 1.29 is 29.4 Å². The number of carbonyl (C=O) groups excluding carboxylic acids is 2. The number of carboxylic acids is 2. The van der Waals surface area contributed by atoms with Crippen molar-refractivity contribution in [2.45, 2.75) is 203 Å². The van der Waals surface area contributed by atoms with Gasteiger partial charge < -0.3 is 25.3 Å². The normalized spacial score (nSPS) is 34.3. The molecule has 8 bridgehead atoms. The maximum absolute atomic E-state index is 15.3.